The molecule has 15 heavy (non-hydrogen) atoms. The average molecular weight is 434 g/mol. The zero-order valence-electron chi connectivity index (χ0n) is 8.11. The zero-order valence-corrected chi connectivity index (χ0v) is 11.6. The molecule has 0 aliphatic heterocycles. The maximum atomic E-state index is 10.9. The van der Waals surface area contributed by atoms with E-state index in [4.69, 9.17) is 0 Å². The Labute approximate surface area is 95.4 Å². The summed E-state index contributed by atoms with van der Waals surface area (Å²) < 4.78 is 68.5. The molecule has 0 fully saturated rings. The molecule has 92 valence electrons. The summed E-state index contributed by atoms with van der Waals surface area (Å²) in [4.78, 5) is 0. The fourth-order valence-corrected chi connectivity index (χ4v) is 2.15. The molecule has 0 aliphatic carbocycles. The molecule has 8 heteroatoms. The second kappa shape index (κ2) is 7.66. The van der Waals surface area contributed by atoms with Crippen LogP contribution in [-0.2, 0) is 0 Å². The van der Waals surface area contributed by atoms with E-state index >= 15 is 0 Å². The van der Waals surface area contributed by atoms with Crippen LogP contribution in [0.5, 0.6) is 0 Å². The normalized spacial score (nSPS) is 12.4. The van der Waals surface area contributed by atoms with Gasteiger partial charge in [-0.25, -0.2) is 0 Å². The van der Waals surface area contributed by atoms with Crippen LogP contribution in [-0.4, -0.2) is 41.7 Å². The Bertz CT molecular complexity index is 139. The van der Waals surface area contributed by atoms with Gasteiger partial charge in [0, 0.05) is 0 Å². The molecule has 2 radical (unpaired) electrons. The number of alkyl halides is 6. The molecule has 0 atom stereocenters. The van der Waals surface area contributed by atoms with E-state index in [0.717, 1.165) is 0 Å². The minimum atomic E-state index is -5.74. The first-order chi connectivity index (χ1) is 6.57. The molecule has 0 saturated carbocycles. The van der Waals surface area contributed by atoms with Gasteiger partial charge in [-0.3, -0.25) is 0 Å². The first kappa shape index (κ1) is 17.8. The summed E-state index contributed by atoms with van der Waals surface area (Å²) in [7, 11) is 0. The van der Waals surface area contributed by atoms with Crippen molar-refractivity contribution in [2.75, 3.05) is 0 Å². The second-order valence-electron chi connectivity index (χ2n) is 2.32. The number of hydrogen-bond donors (Lipinski definition) is 0. The summed E-state index contributed by atoms with van der Waals surface area (Å²) >= 11 is 0.145. The summed E-state index contributed by atoms with van der Waals surface area (Å²) in [6.07, 6.45) is -16.0. The maximum Gasteiger partial charge on any atom is 0.385 e. The Morgan fingerprint density at radius 2 is 1.20 bits per heavy atom. The first-order valence-corrected chi connectivity index (χ1v) is 8.91. The van der Waals surface area contributed by atoms with E-state index < -0.39 is 18.5 Å². The van der Waals surface area contributed by atoms with Crippen LogP contribution in [0.4, 0.5) is 26.3 Å². The maximum absolute atomic E-state index is 10.9. The largest absolute Gasteiger partial charge is 0.839 e. The van der Waals surface area contributed by atoms with Crippen LogP contribution in [0.1, 0.15) is 13.8 Å². The van der Waals surface area contributed by atoms with Crippen molar-refractivity contribution in [1.29, 1.82) is 0 Å². The molecular formula is C7H11BiF6O. The Morgan fingerprint density at radius 3 is 1.20 bits per heavy atom. The molecule has 1 nitrogen and oxygen atoms in total. The van der Waals surface area contributed by atoms with Crippen molar-refractivity contribution in [2.24, 2.45) is 0 Å². The van der Waals surface area contributed by atoms with Gasteiger partial charge < -0.3 is 5.11 Å². The van der Waals surface area contributed by atoms with E-state index in [0.29, 0.717) is 0 Å². The second-order valence-corrected chi connectivity index (χ2v) is 8.98. The molecule has 0 bridgehead atoms. The van der Waals surface area contributed by atoms with Crippen LogP contribution < -0.4 is 5.11 Å². The predicted molar refractivity (Wildman–Crippen MR) is 42.6 cm³/mol. The van der Waals surface area contributed by atoms with Crippen molar-refractivity contribution < 1.29 is 31.4 Å². The van der Waals surface area contributed by atoms with E-state index in [2.05, 4.69) is 13.8 Å². The monoisotopic (exact) mass is 434 g/mol. The molecule has 0 aromatic rings. The van der Waals surface area contributed by atoms with E-state index in [9.17, 15) is 31.4 Å². The van der Waals surface area contributed by atoms with Crippen molar-refractivity contribution in [3.05, 3.63) is 0 Å². The average Bonchev–Trinajstić information content (AvgIpc) is 2.02. The number of rotatable bonds is 2. The summed E-state index contributed by atoms with van der Waals surface area (Å²) in [5.74, 6) is 0. The van der Waals surface area contributed by atoms with Crippen molar-refractivity contribution in [3.63, 3.8) is 0 Å². The van der Waals surface area contributed by atoms with Gasteiger partial charge in [0.15, 0.2) is 0 Å². The number of halogens is 6. The van der Waals surface area contributed by atoms with Gasteiger partial charge in [-0.2, -0.15) is 26.3 Å². The van der Waals surface area contributed by atoms with E-state index in [1.807, 2.05) is 0 Å². The van der Waals surface area contributed by atoms with Crippen molar-refractivity contribution in [2.45, 2.75) is 40.6 Å². The topological polar surface area (TPSA) is 23.1 Å². The third kappa shape index (κ3) is 10.7. The molecule has 0 saturated heterocycles. The van der Waals surface area contributed by atoms with Crippen molar-refractivity contribution in [1.82, 2.24) is 0 Å². The molecule has 0 spiro atoms. The Hall–Kier alpha value is 0.423. The molecule has 0 aliphatic rings. The molecule has 0 rings (SSSR count). The Kier molecular flexibility index (Phi) is 9.09. The quantitative estimate of drug-likeness (QED) is 0.484. The van der Waals surface area contributed by atoms with Crippen LogP contribution in [0.2, 0.25) is 8.26 Å². The summed E-state index contributed by atoms with van der Waals surface area (Å²) in [6.45, 7) is 4.58. The predicted octanol–water partition coefficient (Wildman–Crippen LogP) is 2.41. The standard InChI is InChI=1S/C3HF6O.2C2H5.Bi/c4-2(5,6)1(10)3(7,8)9;2*1-2;/h1H;2*1H2,2H3;/q-1;;;+1. The van der Waals surface area contributed by atoms with Gasteiger partial charge in [0.2, 0.25) is 0 Å². The van der Waals surface area contributed by atoms with Crippen molar-refractivity contribution in [3.8, 4) is 0 Å². The molecular weight excluding hydrogens is 423 g/mol. The molecule has 0 heterocycles. The van der Waals surface area contributed by atoms with Gasteiger partial charge in [0.1, 0.15) is 0 Å². The zero-order chi connectivity index (χ0) is 12.7. The summed E-state index contributed by atoms with van der Waals surface area (Å²) in [6, 6.07) is 0. The molecule has 0 aromatic carbocycles. The van der Waals surface area contributed by atoms with Crippen LogP contribution in [0.15, 0.2) is 0 Å². The minimum Gasteiger partial charge on any atom is -0.839 e. The minimum absolute atomic E-state index is 0.145. The molecule has 0 amide bonds. The van der Waals surface area contributed by atoms with E-state index in [1.54, 1.807) is 0 Å². The van der Waals surface area contributed by atoms with Crippen molar-refractivity contribution >= 4 is 23.2 Å². The van der Waals surface area contributed by atoms with Gasteiger partial charge >= 0.3 is 57.7 Å². The van der Waals surface area contributed by atoms with Gasteiger partial charge in [-0.1, -0.05) is 0 Å². The van der Waals surface area contributed by atoms with Gasteiger partial charge in [0.25, 0.3) is 0 Å². The van der Waals surface area contributed by atoms with Crippen LogP contribution in [0.25, 0.3) is 0 Å². The Morgan fingerprint density at radius 1 is 0.933 bits per heavy atom. The van der Waals surface area contributed by atoms with Crippen LogP contribution in [0, 0.1) is 0 Å². The molecule has 0 unspecified atom stereocenters. The van der Waals surface area contributed by atoms with Crippen LogP contribution in [0.3, 0.4) is 0 Å². The Balaban J connectivity index is 0. The SMILES string of the molecule is C[CH2][Bi+][CH2]C.[O-]C(C(F)(F)F)C(F)(F)F. The fourth-order valence-electron chi connectivity index (χ4n) is 0.409. The first-order valence-electron chi connectivity index (χ1n) is 3.99. The number of hydrogen-bond acceptors (Lipinski definition) is 1. The summed E-state index contributed by atoms with van der Waals surface area (Å²) in [5.41, 5.74) is 0. The fraction of sp³-hybridized carbons (Fsp3) is 1.00. The van der Waals surface area contributed by atoms with Crippen LogP contribution >= 0.6 is 0 Å². The van der Waals surface area contributed by atoms with Gasteiger partial charge in [-0.05, 0) is 0 Å². The van der Waals surface area contributed by atoms with Gasteiger partial charge in [-0.15, -0.1) is 0 Å². The summed E-state index contributed by atoms with van der Waals surface area (Å²) in [5, 5.41) is 9.32. The van der Waals surface area contributed by atoms with Gasteiger partial charge in [0.05, 0.1) is 6.10 Å². The third-order valence-electron chi connectivity index (χ3n) is 1.04. The van der Waals surface area contributed by atoms with E-state index in [-0.39, 0.29) is 23.2 Å². The van der Waals surface area contributed by atoms with E-state index in [1.165, 1.54) is 8.26 Å². The molecule has 0 N–H and O–H groups in total. The third-order valence-corrected chi connectivity index (χ3v) is 4.52. The smallest absolute Gasteiger partial charge is 0.385 e. The molecule has 0 aromatic heterocycles.